The van der Waals surface area contributed by atoms with Crippen LogP contribution in [0.15, 0.2) is 35.9 Å². The molecule has 1 aliphatic carbocycles. The number of allylic oxidation sites excluding steroid dienone is 1. The Hall–Kier alpha value is -2.34. The highest BCUT2D eigenvalue weighted by Crippen LogP contribution is 2.66. The molecule has 1 aromatic carbocycles. The van der Waals surface area contributed by atoms with Crippen molar-refractivity contribution < 1.29 is 19.1 Å². The number of nitrogens with zero attached hydrogens (tertiary/aromatic N) is 1. The van der Waals surface area contributed by atoms with Crippen molar-refractivity contribution in [3.05, 3.63) is 41.5 Å². The van der Waals surface area contributed by atoms with Crippen LogP contribution in [-0.4, -0.2) is 49.3 Å². The van der Waals surface area contributed by atoms with Crippen LogP contribution in [0.3, 0.4) is 0 Å². The lowest BCUT2D eigenvalue weighted by Gasteiger charge is -2.59. The number of fused-ring (bicyclic) bond motifs is 3. The van der Waals surface area contributed by atoms with Crippen molar-refractivity contribution >= 4 is 18.1 Å². The smallest absolute Gasteiger partial charge is 0.310 e. The molecule has 3 fully saturated rings. The maximum Gasteiger partial charge on any atom is 0.310 e. The molecule has 142 valence electrons. The predicted molar refractivity (Wildman–Crippen MR) is 99.0 cm³/mol. The van der Waals surface area contributed by atoms with E-state index in [9.17, 15) is 9.59 Å². The molecule has 2 bridgehead atoms. The molecular weight excluding hydrogens is 344 g/mol. The Morgan fingerprint density at radius 2 is 2.22 bits per heavy atom. The van der Waals surface area contributed by atoms with Gasteiger partial charge in [-0.05, 0) is 37.3 Å². The van der Waals surface area contributed by atoms with Gasteiger partial charge in [-0.1, -0.05) is 29.8 Å². The highest BCUT2D eigenvalue weighted by atomic mass is 16.5. The fraction of sp³-hybridized carbons (Fsp3) is 0.524. The Bertz CT molecular complexity index is 852. The summed E-state index contributed by atoms with van der Waals surface area (Å²) in [6.07, 6.45) is 4.41. The summed E-state index contributed by atoms with van der Waals surface area (Å²) in [5.74, 6) is -0.477. The summed E-state index contributed by atoms with van der Waals surface area (Å²) in [4.78, 5) is 27.0. The standard InChI is InChI=1S/C21H24N2O4/c1-3-13-11-23(12-24)17-10-14(13)18(19(25)26-2)20-8-9-27-21(17,20)22-16-7-5-4-6-15(16)20/h3-7,12,14,17-18,22H,8-11H2,1-2H3/b13-3-/t14-,17+,18+,20+,21+/m1/s1. The van der Waals surface area contributed by atoms with Crippen LogP contribution in [0.4, 0.5) is 5.69 Å². The molecule has 27 heavy (non-hydrogen) atoms. The number of carbonyl (C=O) groups excluding carboxylic acids is 2. The number of hydrogen-bond donors (Lipinski definition) is 1. The minimum absolute atomic E-state index is 0.0476. The van der Waals surface area contributed by atoms with E-state index in [0.717, 1.165) is 29.7 Å². The monoisotopic (exact) mass is 368 g/mol. The zero-order chi connectivity index (χ0) is 18.8. The Labute approximate surface area is 158 Å². The summed E-state index contributed by atoms with van der Waals surface area (Å²) in [7, 11) is 1.46. The molecule has 0 aromatic heterocycles. The summed E-state index contributed by atoms with van der Waals surface area (Å²) >= 11 is 0. The van der Waals surface area contributed by atoms with Gasteiger partial charge in [0.1, 0.15) is 0 Å². The van der Waals surface area contributed by atoms with Gasteiger partial charge in [0.2, 0.25) is 6.41 Å². The van der Waals surface area contributed by atoms with Crippen molar-refractivity contribution in [2.24, 2.45) is 11.8 Å². The second-order valence-electron chi connectivity index (χ2n) is 7.98. The Kier molecular flexibility index (Phi) is 3.47. The number of piperidine rings is 1. The van der Waals surface area contributed by atoms with Gasteiger partial charge in [-0.25, -0.2) is 0 Å². The van der Waals surface area contributed by atoms with Crippen molar-refractivity contribution in [1.29, 1.82) is 0 Å². The summed E-state index contributed by atoms with van der Waals surface area (Å²) in [5.41, 5.74) is 1.90. The van der Waals surface area contributed by atoms with Crippen LogP contribution >= 0.6 is 0 Å². The minimum Gasteiger partial charge on any atom is -0.469 e. The van der Waals surface area contributed by atoms with E-state index in [1.807, 2.05) is 30.0 Å². The largest absolute Gasteiger partial charge is 0.469 e. The maximum absolute atomic E-state index is 13.2. The van der Waals surface area contributed by atoms with Gasteiger partial charge in [-0.3, -0.25) is 9.59 Å². The molecule has 3 heterocycles. The molecule has 5 rings (SSSR count). The Balaban J connectivity index is 1.80. The lowest BCUT2D eigenvalue weighted by molar-refractivity contribution is -0.172. The van der Waals surface area contributed by atoms with Crippen LogP contribution in [-0.2, 0) is 24.5 Å². The molecular formula is C21H24N2O4. The van der Waals surface area contributed by atoms with Crippen molar-refractivity contribution in [3.63, 3.8) is 0 Å². The van der Waals surface area contributed by atoms with E-state index in [0.29, 0.717) is 19.6 Å². The fourth-order valence-electron chi connectivity index (χ4n) is 6.35. The third kappa shape index (κ3) is 1.79. The first-order chi connectivity index (χ1) is 13.1. The third-order valence-electron chi connectivity index (χ3n) is 7.30. The second-order valence-corrected chi connectivity index (χ2v) is 7.98. The first-order valence-electron chi connectivity index (χ1n) is 9.58. The average molecular weight is 368 g/mol. The first-order valence-corrected chi connectivity index (χ1v) is 9.58. The van der Waals surface area contributed by atoms with Gasteiger partial charge < -0.3 is 19.7 Å². The zero-order valence-electron chi connectivity index (χ0n) is 15.6. The number of methoxy groups -OCH3 is 1. The fourth-order valence-corrected chi connectivity index (χ4v) is 6.35. The molecule has 1 aromatic rings. The molecule has 1 saturated carbocycles. The van der Waals surface area contributed by atoms with E-state index in [-0.39, 0.29) is 23.8 Å². The lowest BCUT2D eigenvalue weighted by Crippen LogP contribution is -2.73. The molecule has 6 nitrogen and oxygen atoms in total. The van der Waals surface area contributed by atoms with Crippen LogP contribution < -0.4 is 5.32 Å². The van der Waals surface area contributed by atoms with E-state index in [4.69, 9.17) is 9.47 Å². The van der Waals surface area contributed by atoms with Crippen molar-refractivity contribution in [1.82, 2.24) is 4.90 Å². The van der Waals surface area contributed by atoms with E-state index in [1.54, 1.807) is 0 Å². The second kappa shape index (κ2) is 5.58. The van der Waals surface area contributed by atoms with Crippen molar-refractivity contribution in [2.45, 2.75) is 36.9 Å². The minimum atomic E-state index is -0.785. The van der Waals surface area contributed by atoms with E-state index in [2.05, 4.69) is 17.5 Å². The van der Waals surface area contributed by atoms with E-state index >= 15 is 0 Å². The van der Waals surface area contributed by atoms with Crippen molar-refractivity contribution in [3.8, 4) is 0 Å². The molecule has 6 heteroatoms. The van der Waals surface area contributed by atoms with Gasteiger partial charge in [0.15, 0.2) is 5.72 Å². The maximum atomic E-state index is 13.2. The number of ether oxygens (including phenoxy) is 2. The average Bonchev–Trinajstić information content (AvgIpc) is 3.21. The number of nitrogens with one attached hydrogen (secondary N) is 1. The number of amides is 1. The quantitative estimate of drug-likeness (QED) is 0.492. The normalized spacial score (nSPS) is 40.0. The topological polar surface area (TPSA) is 67.9 Å². The third-order valence-corrected chi connectivity index (χ3v) is 7.30. The van der Waals surface area contributed by atoms with Crippen molar-refractivity contribution in [2.75, 3.05) is 25.6 Å². The lowest BCUT2D eigenvalue weighted by atomic mass is 9.51. The van der Waals surface area contributed by atoms with Gasteiger partial charge in [-0.2, -0.15) is 0 Å². The Morgan fingerprint density at radius 1 is 1.41 bits per heavy atom. The Morgan fingerprint density at radius 3 is 2.96 bits per heavy atom. The molecule has 2 saturated heterocycles. The highest BCUT2D eigenvalue weighted by molar-refractivity contribution is 5.81. The summed E-state index contributed by atoms with van der Waals surface area (Å²) in [5, 5.41) is 3.61. The molecule has 4 aliphatic rings. The molecule has 5 atom stereocenters. The summed E-state index contributed by atoms with van der Waals surface area (Å²) < 4.78 is 11.7. The SMILES string of the molecule is C/C=C1/CN(C=O)[C@H]2C[C@H]1[C@@H](C(=O)OC)[C@@]13CCO[C@@]21Nc1ccccc13. The van der Waals surface area contributed by atoms with Gasteiger partial charge >= 0.3 is 5.97 Å². The molecule has 0 unspecified atom stereocenters. The van der Waals surface area contributed by atoms with E-state index < -0.39 is 11.1 Å². The molecule has 1 amide bonds. The first kappa shape index (κ1) is 16.8. The van der Waals surface area contributed by atoms with E-state index in [1.165, 1.54) is 7.11 Å². The number of likely N-dealkylation sites (tertiary alicyclic amines) is 1. The number of esters is 1. The van der Waals surface area contributed by atoms with Crippen LogP contribution in [0.2, 0.25) is 0 Å². The van der Waals surface area contributed by atoms with Crippen LogP contribution in [0.25, 0.3) is 0 Å². The number of rotatable bonds is 2. The van der Waals surface area contributed by atoms with Crippen LogP contribution in [0, 0.1) is 11.8 Å². The van der Waals surface area contributed by atoms with Gasteiger partial charge in [0.05, 0.1) is 31.1 Å². The highest BCUT2D eigenvalue weighted by Gasteiger charge is 2.76. The number of hydrogen-bond acceptors (Lipinski definition) is 5. The van der Waals surface area contributed by atoms with Crippen LogP contribution in [0.5, 0.6) is 0 Å². The number of anilines is 1. The summed E-state index contributed by atoms with van der Waals surface area (Å²) in [6.45, 7) is 3.07. The number of benzene rings is 1. The summed E-state index contributed by atoms with van der Waals surface area (Å²) in [6, 6.07) is 8.00. The predicted octanol–water partition coefficient (Wildman–Crippen LogP) is 2.06. The molecule has 3 aliphatic heterocycles. The number of para-hydroxylation sites is 1. The molecule has 0 radical (unpaired) electrons. The van der Waals surface area contributed by atoms with Gasteiger partial charge in [0.25, 0.3) is 0 Å². The van der Waals surface area contributed by atoms with Crippen LogP contribution in [0.1, 0.15) is 25.3 Å². The number of carbonyl (C=O) groups is 2. The zero-order valence-corrected chi connectivity index (χ0v) is 15.6. The van der Waals surface area contributed by atoms with Gasteiger partial charge in [-0.15, -0.1) is 0 Å². The van der Waals surface area contributed by atoms with Gasteiger partial charge in [0, 0.05) is 12.2 Å². The molecule has 1 N–H and O–H groups in total. The molecule has 0 spiro atoms.